The molecule has 0 spiro atoms. The van der Waals surface area contributed by atoms with Crippen molar-refractivity contribution < 1.29 is 14.6 Å². The Morgan fingerprint density at radius 2 is 2.29 bits per heavy atom. The van der Waals surface area contributed by atoms with E-state index in [-0.39, 0.29) is 6.42 Å². The van der Waals surface area contributed by atoms with Crippen molar-refractivity contribution in [3.63, 3.8) is 0 Å². The van der Waals surface area contributed by atoms with Gasteiger partial charge in [0.15, 0.2) is 0 Å². The van der Waals surface area contributed by atoms with Gasteiger partial charge in [0.25, 0.3) is 0 Å². The van der Waals surface area contributed by atoms with Crippen LogP contribution in [0.4, 0.5) is 0 Å². The summed E-state index contributed by atoms with van der Waals surface area (Å²) in [5.41, 5.74) is 2.05. The predicted molar refractivity (Wildman–Crippen MR) is 51.3 cm³/mol. The number of carbonyl (C=O) groups is 1. The van der Waals surface area contributed by atoms with E-state index in [1.807, 2.05) is 24.3 Å². The van der Waals surface area contributed by atoms with Crippen molar-refractivity contribution in [2.24, 2.45) is 0 Å². The molecule has 3 heteroatoms. The molecule has 0 aliphatic carbocycles. The molecule has 3 nitrogen and oxygen atoms in total. The topological polar surface area (TPSA) is 46.5 Å². The third-order valence-electron chi connectivity index (χ3n) is 2.42. The summed E-state index contributed by atoms with van der Waals surface area (Å²) >= 11 is 0. The molecule has 1 fully saturated rings. The molecule has 0 aromatic heterocycles. The summed E-state index contributed by atoms with van der Waals surface area (Å²) in [5, 5.41) is 8.64. The molecule has 1 aliphatic heterocycles. The molecular weight excluding hydrogens is 180 g/mol. The smallest absolute Gasteiger partial charge is 0.307 e. The molecule has 1 aromatic rings. The lowest BCUT2D eigenvalue weighted by molar-refractivity contribution is -0.136. The standard InChI is InChI=1S/C11H12O3/c12-11(13)5-8-2-1-3-9(4-8)10-6-14-7-10/h1-4,10H,5-7H2,(H,12,13). The average Bonchev–Trinajstić information content (AvgIpc) is 1.99. The monoisotopic (exact) mass is 192 g/mol. The van der Waals surface area contributed by atoms with Gasteiger partial charge in [0.1, 0.15) is 0 Å². The summed E-state index contributed by atoms with van der Waals surface area (Å²) in [6.07, 6.45) is 0.0986. The van der Waals surface area contributed by atoms with Gasteiger partial charge in [-0.1, -0.05) is 24.3 Å². The minimum atomic E-state index is -0.785. The van der Waals surface area contributed by atoms with Crippen molar-refractivity contribution in [2.45, 2.75) is 12.3 Å². The first-order chi connectivity index (χ1) is 6.75. The Bertz CT molecular complexity index is 342. The molecule has 1 aliphatic rings. The first-order valence-corrected chi connectivity index (χ1v) is 4.64. The molecule has 1 heterocycles. The van der Waals surface area contributed by atoms with Gasteiger partial charge in [-0.25, -0.2) is 0 Å². The normalized spacial score (nSPS) is 16.3. The zero-order valence-electron chi connectivity index (χ0n) is 7.77. The van der Waals surface area contributed by atoms with E-state index in [4.69, 9.17) is 9.84 Å². The molecule has 0 radical (unpaired) electrons. The Balaban J connectivity index is 2.13. The fourth-order valence-electron chi connectivity index (χ4n) is 1.56. The van der Waals surface area contributed by atoms with Crippen molar-refractivity contribution in [3.8, 4) is 0 Å². The third kappa shape index (κ3) is 1.93. The van der Waals surface area contributed by atoms with Crippen LogP contribution in [0.5, 0.6) is 0 Å². The maximum Gasteiger partial charge on any atom is 0.307 e. The molecule has 14 heavy (non-hydrogen) atoms. The summed E-state index contributed by atoms with van der Waals surface area (Å²) in [5.74, 6) is -0.323. The summed E-state index contributed by atoms with van der Waals surface area (Å²) in [6.45, 7) is 1.52. The zero-order valence-corrected chi connectivity index (χ0v) is 7.77. The number of carboxylic acids is 1. The maximum atomic E-state index is 10.5. The van der Waals surface area contributed by atoms with Gasteiger partial charge in [0.2, 0.25) is 0 Å². The van der Waals surface area contributed by atoms with E-state index in [1.165, 1.54) is 5.56 Å². The Kier molecular flexibility index (Phi) is 2.50. The number of hydrogen-bond donors (Lipinski definition) is 1. The minimum Gasteiger partial charge on any atom is -0.481 e. The quantitative estimate of drug-likeness (QED) is 0.788. The summed E-state index contributed by atoms with van der Waals surface area (Å²) in [7, 11) is 0. The highest BCUT2D eigenvalue weighted by Crippen LogP contribution is 2.24. The van der Waals surface area contributed by atoms with Gasteiger partial charge in [-0.2, -0.15) is 0 Å². The van der Waals surface area contributed by atoms with Crippen LogP contribution in [0.25, 0.3) is 0 Å². The predicted octanol–water partition coefficient (Wildman–Crippen LogP) is 1.43. The number of aliphatic carboxylic acids is 1. The number of rotatable bonds is 3. The van der Waals surface area contributed by atoms with Crippen LogP contribution >= 0.6 is 0 Å². The van der Waals surface area contributed by atoms with Crippen molar-refractivity contribution in [3.05, 3.63) is 35.4 Å². The molecule has 1 aromatic carbocycles. The second-order valence-corrected chi connectivity index (χ2v) is 3.55. The Morgan fingerprint density at radius 1 is 1.50 bits per heavy atom. The Hall–Kier alpha value is -1.35. The van der Waals surface area contributed by atoms with E-state index in [9.17, 15) is 4.79 Å². The molecule has 74 valence electrons. The van der Waals surface area contributed by atoms with Crippen molar-refractivity contribution >= 4 is 5.97 Å². The highest BCUT2D eigenvalue weighted by atomic mass is 16.5. The fraction of sp³-hybridized carbons (Fsp3) is 0.364. The molecule has 2 rings (SSSR count). The van der Waals surface area contributed by atoms with Crippen LogP contribution in [0.2, 0.25) is 0 Å². The molecule has 0 bridgehead atoms. The van der Waals surface area contributed by atoms with Gasteiger partial charge < -0.3 is 9.84 Å². The SMILES string of the molecule is O=C(O)Cc1cccc(C2COC2)c1. The first kappa shape index (κ1) is 9.21. The van der Waals surface area contributed by atoms with Crippen molar-refractivity contribution in [1.82, 2.24) is 0 Å². The number of benzene rings is 1. The summed E-state index contributed by atoms with van der Waals surface area (Å²) in [6, 6.07) is 7.74. The maximum absolute atomic E-state index is 10.5. The largest absolute Gasteiger partial charge is 0.481 e. The lowest BCUT2D eigenvalue weighted by Crippen LogP contribution is -2.25. The van der Waals surface area contributed by atoms with Crippen LogP contribution < -0.4 is 0 Å². The summed E-state index contributed by atoms with van der Waals surface area (Å²) in [4.78, 5) is 10.5. The fourth-order valence-corrected chi connectivity index (χ4v) is 1.56. The van der Waals surface area contributed by atoms with E-state index < -0.39 is 5.97 Å². The van der Waals surface area contributed by atoms with Crippen LogP contribution in [-0.2, 0) is 16.0 Å². The minimum absolute atomic E-state index is 0.0986. The van der Waals surface area contributed by atoms with E-state index in [2.05, 4.69) is 0 Å². The van der Waals surface area contributed by atoms with Gasteiger partial charge >= 0.3 is 5.97 Å². The molecule has 0 amide bonds. The van der Waals surface area contributed by atoms with Crippen LogP contribution in [0.3, 0.4) is 0 Å². The van der Waals surface area contributed by atoms with Crippen molar-refractivity contribution in [1.29, 1.82) is 0 Å². The van der Waals surface area contributed by atoms with E-state index >= 15 is 0 Å². The lowest BCUT2D eigenvalue weighted by atomic mass is 9.95. The Labute approximate surface area is 82.3 Å². The molecule has 1 saturated heterocycles. The Morgan fingerprint density at radius 3 is 2.86 bits per heavy atom. The third-order valence-corrected chi connectivity index (χ3v) is 2.42. The highest BCUT2D eigenvalue weighted by molar-refractivity contribution is 5.70. The van der Waals surface area contributed by atoms with Gasteiger partial charge in [-0.05, 0) is 11.1 Å². The van der Waals surface area contributed by atoms with Gasteiger partial charge in [-0.15, -0.1) is 0 Å². The average molecular weight is 192 g/mol. The molecule has 0 unspecified atom stereocenters. The van der Waals surface area contributed by atoms with Crippen LogP contribution in [-0.4, -0.2) is 24.3 Å². The van der Waals surface area contributed by atoms with Gasteiger partial charge in [-0.3, -0.25) is 4.79 Å². The van der Waals surface area contributed by atoms with Gasteiger partial charge in [0.05, 0.1) is 19.6 Å². The van der Waals surface area contributed by atoms with Crippen LogP contribution in [0.1, 0.15) is 17.0 Å². The number of ether oxygens (including phenoxy) is 1. The zero-order chi connectivity index (χ0) is 9.97. The molecular formula is C11H12O3. The molecule has 0 saturated carbocycles. The van der Waals surface area contributed by atoms with Crippen molar-refractivity contribution in [2.75, 3.05) is 13.2 Å². The molecule has 1 N–H and O–H groups in total. The van der Waals surface area contributed by atoms with E-state index in [0.29, 0.717) is 5.92 Å². The van der Waals surface area contributed by atoms with Gasteiger partial charge in [0, 0.05) is 5.92 Å². The summed E-state index contributed by atoms with van der Waals surface area (Å²) < 4.78 is 5.09. The van der Waals surface area contributed by atoms with E-state index in [0.717, 1.165) is 18.8 Å². The number of carboxylic acid groups (broad SMARTS) is 1. The first-order valence-electron chi connectivity index (χ1n) is 4.64. The number of hydrogen-bond acceptors (Lipinski definition) is 2. The second-order valence-electron chi connectivity index (χ2n) is 3.55. The highest BCUT2D eigenvalue weighted by Gasteiger charge is 2.20. The molecule has 0 atom stereocenters. The van der Waals surface area contributed by atoms with E-state index in [1.54, 1.807) is 0 Å². The van der Waals surface area contributed by atoms with Crippen LogP contribution in [0.15, 0.2) is 24.3 Å². The van der Waals surface area contributed by atoms with Crippen LogP contribution in [0, 0.1) is 0 Å². The lowest BCUT2D eigenvalue weighted by Gasteiger charge is -2.26. The second kappa shape index (κ2) is 3.80.